The zero-order chi connectivity index (χ0) is 34.0. The number of hydrogen-bond donors (Lipinski definition) is 1. The van der Waals surface area contributed by atoms with Gasteiger partial charge in [-0.05, 0) is 80.8 Å². The summed E-state index contributed by atoms with van der Waals surface area (Å²) in [6, 6.07) is 17.1. The van der Waals surface area contributed by atoms with Gasteiger partial charge < -0.3 is 29.2 Å². The number of sulfonamides is 1. The van der Waals surface area contributed by atoms with Crippen molar-refractivity contribution in [3.8, 4) is 23.0 Å². The van der Waals surface area contributed by atoms with Crippen LogP contribution in [0.25, 0.3) is 0 Å². The first-order chi connectivity index (χ1) is 22.6. The van der Waals surface area contributed by atoms with E-state index in [1.165, 1.54) is 37.3 Å². The van der Waals surface area contributed by atoms with E-state index in [0.29, 0.717) is 23.9 Å². The lowest BCUT2D eigenvalue weighted by Gasteiger charge is -2.33. The average Bonchev–Trinajstić information content (AvgIpc) is 3.10. The predicted molar refractivity (Wildman–Crippen MR) is 180 cm³/mol. The van der Waals surface area contributed by atoms with E-state index in [9.17, 15) is 18.0 Å². The van der Waals surface area contributed by atoms with E-state index in [1.807, 2.05) is 19.1 Å². The lowest BCUT2D eigenvalue weighted by Crippen LogP contribution is -2.53. The molecule has 0 radical (unpaired) electrons. The van der Waals surface area contributed by atoms with Gasteiger partial charge in [-0.3, -0.25) is 13.9 Å². The van der Waals surface area contributed by atoms with Crippen LogP contribution < -0.4 is 28.6 Å². The van der Waals surface area contributed by atoms with Crippen LogP contribution in [-0.4, -0.2) is 71.7 Å². The number of nitrogens with one attached hydrogen (secondary N) is 1. The molecule has 0 spiro atoms. The molecule has 3 aromatic rings. The first kappa shape index (κ1) is 35.4. The Balaban J connectivity index is 1.71. The summed E-state index contributed by atoms with van der Waals surface area (Å²) in [5.74, 6) is 0.955. The maximum atomic E-state index is 14.3. The van der Waals surface area contributed by atoms with Crippen LogP contribution in [0.4, 0.5) is 5.69 Å². The standard InChI is InChI=1S/C35H45N3O8S/c1-6-46-30-18-14-28(15-19-30)38(47(41,42)31-20-21-32(44-4)33(22-31)45-5)24-34(39)37(23-26-12-16-29(43-3)17-13-26)25(2)35(40)36-27-10-8-7-9-11-27/h12-22,25,27H,6-11,23-24H2,1-5H3,(H,36,40)/t25-/m0/s1. The molecule has 0 saturated heterocycles. The number of rotatable bonds is 15. The average molecular weight is 668 g/mol. The summed E-state index contributed by atoms with van der Waals surface area (Å²) in [6.45, 7) is 3.47. The van der Waals surface area contributed by atoms with Crippen molar-refractivity contribution in [3.05, 3.63) is 72.3 Å². The van der Waals surface area contributed by atoms with Crippen molar-refractivity contribution in [2.24, 2.45) is 0 Å². The van der Waals surface area contributed by atoms with Gasteiger partial charge >= 0.3 is 0 Å². The fourth-order valence-corrected chi connectivity index (χ4v) is 7.02. The summed E-state index contributed by atoms with van der Waals surface area (Å²) >= 11 is 0. The minimum Gasteiger partial charge on any atom is -0.497 e. The van der Waals surface area contributed by atoms with Gasteiger partial charge in [0.05, 0.1) is 38.5 Å². The molecule has 0 aliphatic heterocycles. The highest BCUT2D eigenvalue weighted by atomic mass is 32.2. The third kappa shape index (κ3) is 8.88. The molecule has 4 rings (SSSR count). The molecule has 1 saturated carbocycles. The number of hydrogen-bond acceptors (Lipinski definition) is 8. The van der Waals surface area contributed by atoms with E-state index >= 15 is 0 Å². The summed E-state index contributed by atoms with van der Waals surface area (Å²) in [6.07, 6.45) is 5.00. The Bertz CT molecular complexity index is 1590. The molecule has 0 bridgehead atoms. The van der Waals surface area contributed by atoms with Gasteiger partial charge in [0.25, 0.3) is 10.0 Å². The van der Waals surface area contributed by atoms with Gasteiger partial charge in [-0.25, -0.2) is 8.42 Å². The monoisotopic (exact) mass is 667 g/mol. The van der Waals surface area contributed by atoms with E-state index in [2.05, 4.69) is 5.32 Å². The van der Waals surface area contributed by atoms with E-state index in [-0.39, 0.29) is 34.8 Å². The summed E-state index contributed by atoms with van der Waals surface area (Å²) in [5, 5.41) is 3.12. The van der Waals surface area contributed by atoms with Crippen molar-refractivity contribution in [3.63, 3.8) is 0 Å². The van der Waals surface area contributed by atoms with Crippen LogP contribution in [0.5, 0.6) is 23.0 Å². The van der Waals surface area contributed by atoms with Gasteiger partial charge in [0, 0.05) is 18.7 Å². The molecule has 3 aromatic carbocycles. The van der Waals surface area contributed by atoms with E-state index in [0.717, 1.165) is 42.0 Å². The highest BCUT2D eigenvalue weighted by Crippen LogP contribution is 2.33. The fourth-order valence-electron chi connectivity index (χ4n) is 5.59. The molecule has 47 heavy (non-hydrogen) atoms. The predicted octanol–water partition coefficient (Wildman–Crippen LogP) is 5.17. The smallest absolute Gasteiger partial charge is 0.264 e. The number of nitrogens with zero attached hydrogens (tertiary/aromatic N) is 2. The van der Waals surface area contributed by atoms with E-state index < -0.39 is 28.5 Å². The molecular formula is C35H45N3O8S. The van der Waals surface area contributed by atoms with Crippen LogP contribution in [0, 0.1) is 0 Å². The van der Waals surface area contributed by atoms with E-state index in [4.69, 9.17) is 18.9 Å². The summed E-state index contributed by atoms with van der Waals surface area (Å²) in [7, 11) is 0.117. The number of amides is 2. The number of ether oxygens (including phenoxy) is 4. The quantitative estimate of drug-likeness (QED) is 0.236. The fraction of sp³-hybridized carbons (Fsp3) is 0.429. The Labute approximate surface area is 277 Å². The molecule has 12 heteroatoms. The Morgan fingerprint density at radius 2 is 1.49 bits per heavy atom. The molecule has 2 amide bonds. The Kier molecular flexibility index (Phi) is 12.4. The molecule has 0 heterocycles. The largest absolute Gasteiger partial charge is 0.497 e. The first-order valence-electron chi connectivity index (χ1n) is 15.8. The second-order valence-electron chi connectivity index (χ2n) is 11.3. The Morgan fingerprint density at radius 1 is 0.851 bits per heavy atom. The van der Waals surface area contributed by atoms with Crippen molar-refractivity contribution in [2.45, 2.75) is 69.5 Å². The lowest BCUT2D eigenvalue weighted by atomic mass is 9.95. The first-order valence-corrected chi connectivity index (χ1v) is 17.3. The molecule has 1 fully saturated rings. The number of benzene rings is 3. The van der Waals surface area contributed by atoms with Gasteiger partial charge in [-0.2, -0.15) is 0 Å². The summed E-state index contributed by atoms with van der Waals surface area (Å²) < 4.78 is 51.2. The Morgan fingerprint density at radius 3 is 2.09 bits per heavy atom. The van der Waals surface area contributed by atoms with Crippen LogP contribution in [0.1, 0.15) is 51.5 Å². The van der Waals surface area contributed by atoms with Gasteiger partial charge in [0.15, 0.2) is 11.5 Å². The second kappa shape index (κ2) is 16.4. The number of carbonyl (C=O) groups excluding carboxylic acids is 2. The van der Waals surface area contributed by atoms with Crippen molar-refractivity contribution in [1.29, 1.82) is 0 Å². The highest BCUT2D eigenvalue weighted by molar-refractivity contribution is 7.92. The van der Waals surface area contributed by atoms with Gasteiger partial charge in [-0.1, -0.05) is 31.4 Å². The SMILES string of the molecule is CCOc1ccc(N(CC(=O)N(Cc2ccc(OC)cc2)[C@@H](C)C(=O)NC2CCCCC2)S(=O)(=O)c2ccc(OC)c(OC)c2)cc1. The molecule has 254 valence electrons. The van der Waals surface area contributed by atoms with Crippen LogP contribution in [0.15, 0.2) is 71.6 Å². The van der Waals surface area contributed by atoms with Crippen LogP contribution in [0.2, 0.25) is 0 Å². The molecule has 1 N–H and O–H groups in total. The van der Waals surface area contributed by atoms with Crippen LogP contribution in [-0.2, 0) is 26.2 Å². The maximum Gasteiger partial charge on any atom is 0.264 e. The molecule has 0 aromatic heterocycles. The zero-order valence-electron chi connectivity index (χ0n) is 27.7. The van der Waals surface area contributed by atoms with Crippen molar-refractivity contribution in [2.75, 3.05) is 38.8 Å². The number of anilines is 1. The Hall–Kier alpha value is -4.45. The zero-order valence-corrected chi connectivity index (χ0v) is 28.5. The molecule has 1 atom stereocenters. The van der Waals surface area contributed by atoms with Gasteiger partial charge in [0.1, 0.15) is 24.1 Å². The van der Waals surface area contributed by atoms with Gasteiger partial charge in [-0.15, -0.1) is 0 Å². The third-order valence-electron chi connectivity index (χ3n) is 8.29. The second-order valence-corrected chi connectivity index (χ2v) is 13.2. The third-order valence-corrected chi connectivity index (χ3v) is 10.1. The van der Waals surface area contributed by atoms with Crippen molar-refractivity contribution >= 4 is 27.5 Å². The molecule has 0 unspecified atom stereocenters. The molecule has 11 nitrogen and oxygen atoms in total. The van der Waals surface area contributed by atoms with Crippen LogP contribution in [0.3, 0.4) is 0 Å². The highest BCUT2D eigenvalue weighted by Gasteiger charge is 2.34. The topological polar surface area (TPSA) is 124 Å². The number of carbonyl (C=O) groups is 2. The summed E-state index contributed by atoms with van der Waals surface area (Å²) in [5.41, 5.74) is 1.01. The minimum atomic E-state index is -4.32. The van der Waals surface area contributed by atoms with E-state index in [1.54, 1.807) is 50.4 Å². The van der Waals surface area contributed by atoms with Crippen LogP contribution >= 0.6 is 0 Å². The maximum absolute atomic E-state index is 14.3. The normalized spacial score (nSPS) is 14.1. The number of methoxy groups -OCH3 is 3. The van der Waals surface area contributed by atoms with Crippen molar-refractivity contribution in [1.82, 2.24) is 10.2 Å². The minimum absolute atomic E-state index is 0.0439. The lowest BCUT2D eigenvalue weighted by molar-refractivity contribution is -0.139. The molecule has 1 aliphatic rings. The van der Waals surface area contributed by atoms with Gasteiger partial charge in [0.2, 0.25) is 11.8 Å². The molecular weight excluding hydrogens is 622 g/mol. The van der Waals surface area contributed by atoms with Crippen molar-refractivity contribution < 1.29 is 37.0 Å². The summed E-state index contributed by atoms with van der Waals surface area (Å²) in [4.78, 5) is 29.2. The molecule has 1 aliphatic carbocycles.